The van der Waals surface area contributed by atoms with Crippen molar-refractivity contribution in [1.29, 1.82) is 0 Å². The molecule has 1 atom stereocenters. The van der Waals surface area contributed by atoms with Crippen LogP contribution in [0.25, 0.3) is 0 Å². The van der Waals surface area contributed by atoms with Crippen molar-refractivity contribution in [2.45, 2.75) is 20.3 Å². The van der Waals surface area contributed by atoms with Crippen molar-refractivity contribution in [3.05, 3.63) is 12.7 Å². The zero-order valence-electron chi connectivity index (χ0n) is 11.3. The fraction of sp³-hybridized carbons (Fsp3) is 0.692. The minimum atomic E-state index is -0.806. The van der Waals surface area contributed by atoms with Crippen LogP contribution < -0.4 is 0 Å². The smallest absolute Gasteiger partial charge is 0.320 e. The Morgan fingerprint density at radius 1 is 1.56 bits per heavy atom. The summed E-state index contributed by atoms with van der Waals surface area (Å²) in [7, 11) is 1.69. The summed E-state index contributed by atoms with van der Waals surface area (Å²) in [6.45, 7) is 8.65. The lowest BCUT2D eigenvalue weighted by Crippen LogP contribution is -2.44. The predicted octanol–water partition coefficient (Wildman–Crippen LogP) is 1.66. The van der Waals surface area contributed by atoms with Gasteiger partial charge >= 0.3 is 12.0 Å². The molecule has 0 aromatic carbocycles. The Hall–Kier alpha value is -1.52. The summed E-state index contributed by atoms with van der Waals surface area (Å²) in [5, 5.41) is 9.41. The van der Waals surface area contributed by atoms with Gasteiger partial charge < -0.3 is 14.9 Å². The number of carbonyl (C=O) groups excluding carboxylic acids is 1. The third-order valence-electron chi connectivity index (χ3n) is 3.83. The average Bonchev–Trinajstić information content (AvgIpc) is 2.74. The molecule has 1 aliphatic heterocycles. The summed E-state index contributed by atoms with van der Waals surface area (Å²) in [5.74, 6) is -0.795. The molecule has 1 unspecified atom stereocenters. The Morgan fingerprint density at radius 2 is 2.17 bits per heavy atom. The van der Waals surface area contributed by atoms with Crippen molar-refractivity contribution in [3.63, 3.8) is 0 Å². The Morgan fingerprint density at radius 3 is 2.56 bits per heavy atom. The molecule has 1 rings (SSSR count). The lowest BCUT2D eigenvalue weighted by molar-refractivity contribution is -0.150. The van der Waals surface area contributed by atoms with Gasteiger partial charge in [-0.2, -0.15) is 0 Å². The van der Waals surface area contributed by atoms with E-state index in [-0.39, 0.29) is 11.9 Å². The SMILES string of the molecule is C=CCN(C)C(=O)N1CCC(C(=O)O)(C(C)C)C1. The largest absolute Gasteiger partial charge is 0.481 e. The molecule has 1 saturated heterocycles. The number of urea groups is 1. The molecule has 0 radical (unpaired) electrons. The molecule has 18 heavy (non-hydrogen) atoms. The second-order valence-electron chi connectivity index (χ2n) is 5.24. The Balaban J connectivity index is 2.78. The van der Waals surface area contributed by atoms with Gasteiger partial charge in [0.15, 0.2) is 0 Å². The number of hydrogen-bond donors (Lipinski definition) is 1. The Bertz CT molecular complexity index is 354. The zero-order valence-corrected chi connectivity index (χ0v) is 11.3. The van der Waals surface area contributed by atoms with E-state index in [9.17, 15) is 14.7 Å². The molecule has 1 fully saturated rings. The van der Waals surface area contributed by atoms with Crippen molar-refractivity contribution in [2.75, 3.05) is 26.7 Å². The number of rotatable bonds is 4. The number of carboxylic acid groups (broad SMARTS) is 1. The van der Waals surface area contributed by atoms with E-state index in [0.717, 1.165) is 0 Å². The number of carboxylic acids is 1. The molecule has 0 aromatic heterocycles. The van der Waals surface area contributed by atoms with E-state index in [1.54, 1.807) is 22.9 Å². The number of likely N-dealkylation sites (N-methyl/N-ethyl adjacent to an activating group) is 1. The molecular weight excluding hydrogens is 232 g/mol. The lowest BCUT2D eigenvalue weighted by Gasteiger charge is -2.29. The van der Waals surface area contributed by atoms with Crippen molar-refractivity contribution >= 4 is 12.0 Å². The maximum absolute atomic E-state index is 12.1. The second-order valence-corrected chi connectivity index (χ2v) is 5.24. The van der Waals surface area contributed by atoms with Gasteiger partial charge in [-0.25, -0.2) is 4.79 Å². The maximum atomic E-state index is 12.1. The number of amides is 2. The quantitative estimate of drug-likeness (QED) is 0.776. The number of likely N-dealkylation sites (tertiary alicyclic amines) is 1. The van der Waals surface area contributed by atoms with Gasteiger partial charge in [-0.1, -0.05) is 19.9 Å². The normalized spacial score (nSPS) is 23.2. The number of hydrogen-bond acceptors (Lipinski definition) is 2. The van der Waals surface area contributed by atoms with Gasteiger partial charge in [0, 0.05) is 26.7 Å². The summed E-state index contributed by atoms with van der Waals surface area (Å²) in [6.07, 6.45) is 2.18. The van der Waals surface area contributed by atoms with E-state index in [0.29, 0.717) is 26.1 Å². The molecule has 0 saturated carbocycles. The first-order valence-corrected chi connectivity index (χ1v) is 6.19. The molecule has 2 amide bonds. The van der Waals surface area contributed by atoms with Gasteiger partial charge in [-0.15, -0.1) is 6.58 Å². The molecule has 0 aliphatic carbocycles. The van der Waals surface area contributed by atoms with E-state index in [4.69, 9.17) is 0 Å². The van der Waals surface area contributed by atoms with Gasteiger partial charge in [-0.3, -0.25) is 4.79 Å². The fourth-order valence-electron chi connectivity index (χ4n) is 2.40. The molecule has 1 N–H and O–H groups in total. The molecular formula is C13H22N2O3. The van der Waals surface area contributed by atoms with E-state index in [1.165, 1.54) is 0 Å². The summed E-state index contributed by atoms with van der Waals surface area (Å²) < 4.78 is 0. The molecule has 5 nitrogen and oxygen atoms in total. The summed E-state index contributed by atoms with van der Waals surface area (Å²) in [6, 6.07) is -0.126. The Kier molecular flexibility index (Phi) is 4.38. The molecule has 0 aromatic rings. The highest BCUT2D eigenvalue weighted by Crippen LogP contribution is 2.38. The monoisotopic (exact) mass is 254 g/mol. The standard InChI is InChI=1S/C13H22N2O3/c1-5-7-14(4)12(18)15-8-6-13(9-15,10(2)3)11(16)17/h5,10H,1,6-9H2,2-4H3,(H,16,17). The molecule has 0 bridgehead atoms. The first kappa shape index (κ1) is 14.5. The molecule has 5 heteroatoms. The van der Waals surface area contributed by atoms with Crippen molar-refractivity contribution in [2.24, 2.45) is 11.3 Å². The minimum absolute atomic E-state index is 0.0116. The van der Waals surface area contributed by atoms with Gasteiger partial charge in [0.25, 0.3) is 0 Å². The number of carbonyl (C=O) groups is 2. The maximum Gasteiger partial charge on any atom is 0.320 e. The van der Waals surface area contributed by atoms with E-state index >= 15 is 0 Å². The molecule has 1 aliphatic rings. The Labute approximate surface area is 108 Å². The number of aliphatic carboxylic acids is 1. The first-order valence-electron chi connectivity index (χ1n) is 6.19. The summed E-state index contributed by atoms with van der Waals surface area (Å²) >= 11 is 0. The first-order chi connectivity index (χ1) is 8.35. The van der Waals surface area contributed by atoms with Gasteiger partial charge in [0.2, 0.25) is 0 Å². The van der Waals surface area contributed by atoms with Crippen LogP contribution in [0.15, 0.2) is 12.7 Å². The van der Waals surface area contributed by atoms with Gasteiger partial charge in [-0.05, 0) is 12.3 Å². The van der Waals surface area contributed by atoms with Crippen LogP contribution in [-0.2, 0) is 4.79 Å². The highest BCUT2D eigenvalue weighted by molar-refractivity contribution is 5.80. The van der Waals surface area contributed by atoms with Crippen LogP contribution in [0.5, 0.6) is 0 Å². The van der Waals surface area contributed by atoms with Crippen LogP contribution in [0.2, 0.25) is 0 Å². The van der Waals surface area contributed by atoms with Crippen LogP contribution in [0, 0.1) is 11.3 Å². The fourth-order valence-corrected chi connectivity index (χ4v) is 2.40. The van der Waals surface area contributed by atoms with Crippen molar-refractivity contribution in [1.82, 2.24) is 9.80 Å². The van der Waals surface area contributed by atoms with Crippen LogP contribution in [0.3, 0.4) is 0 Å². The zero-order chi connectivity index (χ0) is 13.9. The van der Waals surface area contributed by atoms with Crippen LogP contribution in [0.1, 0.15) is 20.3 Å². The molecule has 1 heterocycles. The van der Waals surface area contributed by atoms with Crippen LogP contribution in [-0.4, -0.2) is 53.6 Å². The van der Waals surface area contributed by atoms with E-state index < -0.39 is 11.4 Å². The lowest BCUT2D eigenvalue weighted by atomic mass is 9.76. The predicted molar refractivity (Wildman–Crippen MR) is 69.3 cm³/mol. The highest BCUT2D eigenvalue weighted by atomic mass is 16.4. The second kappa shape index (κ2) is 5.42. The molecule has 0 spiro atoms. The summed E-state index contributed by atoms with van der Waals surface area (Å²) in [4.78, 5) is 26.7. The van der Waals surface area contributed by atoms with Gasteiger partial charge in [0.1, 0.15) is 0 Å². The third kappa shape index (κ3) is 2.49. The summed E-state index contributed by atoms with van der Waals surface area (Å²) in [5.41, 5.74) is -0.801. The van der Waals surface area contributed by atoms with Crippen LogP contribution in [0.4, 0.5) is 4.79 Å². The third-order valence-corrected chi connectivity index (χ3v) is 3.83. The average molecular weight is 254 g/mol. The van der Waals surface area contributed by atoms with Crippen molar-refractivity contribution in [3.8, 4) is 0 Å². The van der Waals surface area contributed by atoms with Crippen molar-refractivity contribution < 1.29 is 14.7 Å². The van der Waals surface area contributed by atoms with E-state index in [2.05, 4.69) is 6.58 Å². The minimum Gasteiger partial charge on any atom is -0.481 e. The molecule has 102 valence electrons. The highest BCUT2D eigenvalue weighted by Gasteiger charge is 2.48. The van der Waals surface area contributed by atoms with Crippen LogP contribution >= 0.6 is 0 Å². The topological polar surface area (TPSA) is 60.9 Å². The van der Waals surface area contributed by atoms with E-state index in [1.807, 2.05) is 13.8 Å². The van der Waals surface area contributed by atoms with Gasteiger partial charge in [0.05, 0.1) is 5.41 Å². The number of nitrogens with zero attached hydrogens (tertiary/aromatic N) is 2.